The quantitative estimate of drug-likeness (QED) is 0.723. The molecule has 0 aliphatic heterocycles. The highest BCUT2D eigenvalue weighted by molar-refractivity contribution is 5.68. The standard InChI is InChI=1S/C20H17N5O/c1-13-22-10-14(11-23-13)18-8-20(25-19-7-3-6-17(18)19)26-12-16-5-2-4-15(9-21)24-16/h2,4-5,8,10-11H,3,6-7,12H2,1H3. The van der Waals surface area contributed by atoms with Gasteiger partial charge in [0.1, 0.15) is 24.2 Å². The number of pyridine rings is 2. The molecule has 0 atom stereocenters. The zero-order valence-corrected chi connectivity index (χ0v) is 14.4. The Balaban J connectivity index is 1.64. The van der Waals surface area contributed by atoms with E-state index < -0.39 is 0 Å². The van der Waals surface area contributed by atoms with Crippen LogP contribution in [0.1, 0.15) is 34.9 Å². The van der Waals surface area contributed by atoms with Gasteiger partial charge in [-0.3, -0.25) is 0 Å². The van der Waals surface area contributed by atoms with Gasteiger partial charge in [0.05, 0.1) is 5.69 Å². The van der Waals surface area contributed by atoms with E-state index >= 15 is 0 Å². The molecule has 3 heterocycles. The van der Waals surface area contributed by atoms with Gasteiger partial charge in [-0.05, 0) is 49.4 Å². The first-order valence-corrected chi connectivity index (χ1v) is 8.53. The normalized spacial score (nSPS) is 12.5. The summed E-state index contributed by atoms with van der Waals surface area (Å²) < 4.78 is 5.88. The van der Waals surface area contributed by atoms with Crippen LogP contribution >= 0.6 is 0 Å². The Morgan fingerprint density at radius 2 is 2.00 bits per heavy atom. The summed E-state index contributed by atoms with van der Waals surface area (Å²) in [7, 11) is 0. The molecule has 26 heavy (non-hydrogen) atoms. The first kappa shape index (κ1) is 16.2. The highest BCUT2D eigenvalue weighted by atomic mass is 16.5. The van der Waals surface area contributed by atoms with E-state index in [0.717, 1.165) is 41.9 Å². The molecule has 3 aromatic rings. The van der Waals surface area contributed by atoms with Gasteiger partial charge >= 0.3 is 0 Å². The van der Waals surface area contributed by atoms with Crippen molar-refractivity contribution < 1.29 is 4.74 Å². The van der Waals surface area contributed by atoms with E-state index in [-0.39, 0.29) is 6.61 Å². The molecule has 0 fully saturated rings. The molecule has 3 aromatic heterocycles. The maximum absolute atomic E-state index is 8.96. The van der Waals surface area contributed by atoms with Gasteiger partial charge in [-0.25, -0.2) is 19.9 Å². The second-order valence-corrected chi connectivity index (χ2v) is 6.22. The predicted octanol–water partition coefficient (Wildman–Crippen LogP) is 3.18. The van der Waals surface area contributed by atoms with Crippen molar-refractivity contribution in [3.05, 3.63) is 65.1 Å². The highest BCUT2D eigenvalue weighted by Gasteiger charge is 2.20. The summed E-state index contributed by atoms with van der Waals surface area (Å²) in [5.41, 5.74) is 5.48. The average molecular weight is 343 g/mol. The highest BCUT2D eigenvalue weighted by Crippen LogP contribution is 2.33. The van der Waals surface area contributed by atoms with Gasteiger partial charge in [-0.1, -0.05) is 6.07 Å². The lowest BCUT2D eigenvalue weighted by Crippen LogP contribution is -2.03. The van der Waals surface area contributed by atoms with Crippen molar-refractivity contribution >= 4 is 0 Å². The number of aromatic nitrogens is 4. The number of nitriles is 1. The fourth-order valence-corrected chi connectivity index (χ4v) is 3.15. The molecule has 0 unspecified atom stereocenters. The maximum Gasteiger partial charge on any atom is 0.214 e. The second-order valence-electron chi connectivity index (χ2n) is 6.22. The number of nitrogens with zero attached hydrogens (tertiary/aromatic N) is 5. The van der Waals surface area contributed by atoms with Crippen molar-refractivity contribution in [3.8, 4) is 23.1 Å². The number of fused-ring (bicyclic) bond motifs is 1. The molecule has 1 aliphatic rings. The topological polar surface area (TPSA) is 84.6 Å². The van der Waals surface area contributed by atoms with Crippen LogP contribution < -0.4 is 4.74 Å². The molecule has 6 nitrogen and oxygen atoms in total. The Morgan fingerprint density at radius 3 is 2.81 bits per heavy atom. The summed E-state index contributed by atoms with van der Waals surface area (Å²) in [6.07, 6.45) is 6.75. The molecule has 0 N–H and O–H groups in total. The number of hydrogen-bond donors (Lipinski definition) is 0. The van der Waals surface area contributed by atoms with Crippen molar-refractivity contribution in [3.63, 3.8) is 0 Å². The zero-order chi connectivity index (χ0) is 17.9. The summed E-state index contributed by atoms with van der Waals surface area (Å²) in [6, 6.07) is 9.30. The zero-order valence-electron chi connectivity index (χ0n) is 14.4. The molecule has 4 rings (SSSR count). The third kappa shape index (κ3) is 3.24. The molecule has 0 aromatic carbocycles. The van der Waals surface area contributed by atoms with Crippen LogP contribution in [0.3, 0.4) is 0 Å². The van der Waals surface area contributed by atoms with E-state index in [1.54, 1.807) is 12.1 Å². The van der Waals surface area contributed by atoms with Gasteiger partial charge in [0.2, 0.25) is 5.88 Å². The predicted molar refractivity (Wildman–Crippen MR) is 95.3 cm³/mol. The summed E-state index contributed by atoms with van der Waals surface area (Å²) in [6.45, 7) is 2.14. The van der Waals surface area contributed by atoms with Crippen molar-refractivity contribution in [2.24, 2.45) is 0 Å². The minimum Gasteiger partial charge on any atom is -0.471 e. The lowest BCUT2D eigenvalue weighted by atomic mass is 10.0. The molecule has 1 aliphatic carbocycles. The van der Waals surface area contributed by atoms with Crippen LogP contribution in [0.25, 0.3) is 11.1 Å². The summed E-state index contributed by atoms with van der Waals surface area (Å²) in [5, 5.41) is 8.96. The van der Waals surface area contributed by atoms with Gasteiger partial charge in [0, 0.05) is 29.7 Å². The Hall–Kier alpha value is -3.33. The first-order chi connectivity index (χ1) is 12.7. The van der Waals surface area contributed by atoms with Crippen LogP contribution in [0.5, 0.6) is 5.88 Å². The number of hydrogen-bond acceptors (Lipinski definition) is 6. The van der Waals surface area contributed by atoms with E-state index in [1.807, 2.05) is 37.5 Å². The molecular weight excluding hydrogens is 326 g/mol. The second kappa shape index (κ2) is 6.89. The Kier molecular flexibility index (Phi) is 4.28. The molecule has 6 heteroatoms. The Bertz CT molecular complexity index is 992. The number of rotatable bonds is 4. The summed E-state index contributed by atoms with van der Waals surface area (Å²) in [4.78, 5) is 17.5. The van der Waals surface area contributed by atoms with Gasteiger partial charge in [0.25, 0.3) is 0 Å². The SMILES string of the molecule is Cc1ncc(-c2cc(OCc3cccc(C#N)n3)nc3c2CCC3)cn1. The first-order valence-electron chi connectivity index (χ1n) is 8.53. The number of ether oxygens (including phenoxy) is 1. The molecule has 0 spiro atoms. The molecule has 128 valence electrons. The van der Waals surface area contributed by atoms with Gasteiger partial charge in [-0.15, -0.1) is 0 Å². The summed E-state index contributed by atoms with van der Waals surface area (Å²) in [5.74, 6) is 1.31. The van der Waals surface area contributed by atoms with E-state index in [4.69, 9.17) is 10.00 Å². The van der Waals surface area contributed by atoms with Crippen molar-refractivity contribution in [2.75, 3.05) is 0 Å². The molecule has 0 amide bonds. The molecular formula is C20H17N5O. The maximum atomic E-state index is 8.96. The lowest BCUT2D eigenvalue weighted by molar-refractivity contribution is 0.288. The minimum absolute atomic E-state index is 0.269. The minimum atomic E-state index is 0.269. The van der Waals surface area contributed by atoms with Gasteiger partial charge in [0.15, 0.2) is 0 Å². The molecule has 0 saturated heterocycles. The van der Waals surface area contributed by atoms with E-state index in [0.29, 0.717) is 17.3 Å². The molecule has 0 radical (unpaired) electrons. The Morgan fingerprint density at radius 1 is 1.15 bits per heavy atom. The average Bonchev–Trinajstić information content (AvgIpc) is 3.15. The smallest absolute Gasteiger partial charge is 0.214 e. The van der Waals surface area contributed by atoms with Gasteiger partial charge < -0.3 is 4.74 Å². The third-order valence-corrected chi connectivity index (χ3v) is 4.41. The fraction of sp³-hybridized carbons (Fsp3) is 0.250. The van der Waals surface area contributed by atoms with Crippen molar-refractivity contribution in [1.82, 2.24) is 19.9 Å². The fourth-order valence-electron chi connectivity index (χ4n) is 3.15. The van der Waals surface area contributed by atoms with Crippen LogP contribution in [-0.4, -0.2) is 19.9 Å². The van der Waals surface area contributed by atoms with Crippen LogP contribution in [-0.2, 0) is 19.4 Å². The molecule has 0 saturated carbocycles. The van der Waals surface area contributed by atoms with Crippen LogP contribution in [0, 0.1) is 18.3 Å². The van der Waals surface area contributed by atoms with E-state index in [2.05, 4.69) is 19.9 Å². The van der Waals surface area contributed by atoms with Crippen LogP contribution in [0.2, 0.25) is 0 Å². The monoisotopic (exact) mass is 343 g/mol. The van der Waals surface area contributed by atoms with Crippen LogP contribution in [0.4, 0.5) is 0 Å². The molecule has 0 bridgehead atoms. The van der Waals surface area contributed by atoms with Gasteiger partial charge in [-0.2, -0.15) is 5.26 Å². The van der Waals surface area contributed by atoms with E-state index in [9.17, 15) is 0 Å². The largest absolute Gasteiger partial charge is 0.471 e. The lowest BCUT2D eigenvalue weighted by Gasteiger charge is -2.12. The van der Waals surface area contributed by atoms with Crippen molar-refractivity contribution in [1.29, 1.82) is 5.26 Å². The van der Waals surface area contributed by atoms with Crippen molar-refractivity contribution in [2.45, 2.75) is 32.8 Å². The third-order valence-electron chi connectivity index (χ3n) is 4.41. The Labute approximate surface area is 151 Å². The summed E-state index contributed by atoms with van der Waals surface area (Å²) >= 11 is 0. The number of aryl methyl sites for hydroxylation is 2. The van der Waals surface area contributed by atoms with E-state index in [1.165, 1.54) is 5.56 Å². The van der Waals surface area contributed by atoms with Crippen LogP contribution in [0.15, 0.2) is 36.7 Å².